The molecule has 0 aromatic carbocycles. The molecule has 0 amide bonds. The Morgan fingerprint density at radius 1 is 1.47 bits per heavy atom. The van der Waals surface area contributed by atoms with Crippen LogP contribution in [-0.2, 0) is 13.6 Å². The maximum absolute atomic E-state index is 6.12. The zero-order chi connectivity index (χ0) is 12.3. The third-order valence-electron chi connectivity index (χ3n) is 3.85. The van der Waals surface area contributed by atoms with E-state index in [1.807, 2.05) is 18.7 Å². The Bertz CT molecular complexity index is 367. The molecular weight excluding hydrogens is 234 g/mol. The average molecular weight is 256 g/mol. The molecule has 3 nitrogen and oxygen atoms in total. The highest BCUT2D eigenvalue weighted by molar-refractivity contribution is 6.18. The Morgan fingerprint density at radius 2 is 2.18 bits per heavy atom. The summed E-state index contributed by atoms with van der Waals surface area (Å²) in [5, 5.41) is 7.89. The molecule has 4 heteroatoms. The van der Waals surface area contributed by atoms with E-state index in [4.69, 9.17) is 11.6 Å². The summed E-state index contributed by atoms with van der Waals surface area (Å²) >= 11 is 6.12. The Balaban J connectivity index is 1.84. The van der Waals surface area contributed by atoms with Crippen LogP contribution in [0.15, 0.2) is 6.07 Å². The SMILES string of the molecule is Cc1cc(CNCC2(CCl)CCCC2)n(C)n1. The lowest BCUT2D eigenvalue weighted by atomic mass is 9.88. The summed E-state index contributed by atoms with van der Waals surface area (Å²) in [5.41, 5.74) is 2.66. The van der Waals surface area contributed by atoms with Crippen molar-refractivity contribution in [2.75, 3.05) is 12.4 Å². The fraction of sp³-hybridized carbons (Fsp3) is 0.769. The maximum Gasteiger partial charge on any atom is 0.0597 e. The smallest absolute Gasteiger partial charge is 0.0597 e. The predicted molar refractivity (Wildman–Crippen MR) is 71.3 cm³/mol. The first-order valence-electron chi connectivity index (χ1n) is 6.41. The summed E-state index contributed by atoms with van der Waals surface area (Å²) in [6, 6.07) is 2.13. The van der Waals surface area contributed by atoms with Crippen LogP contribution in [-0.4, -0.2) is 22.2 Å². The number of hydrogen-bond acceptors (Lipinski definition) is 2. The van der Waals surface area contributed by atoms with Gasteiger partial charge in [0.25, 0.3) is 0 Å². The number of nitrogens with one attached hydrogen (secondary N) is 1. The second kappa shape index (κ2) is 5.40. The molecule has 2 rings (SSSR count). The van der Waals surface area contributed by atoms with Gasteiger partial charge in [0.1, 0.15) is 0 Å². The fourth-order valence-corrected chi connectivity index (χ4v) is 3.13. The van der Waals surface area contributed by atoms with E-state index in [-0.39, 0.29) is 0 Å². The van der Waals surface area contributed by atoms with Crippen LogP contribution in [0.25, 0.3) is 0 Å². The molecule has 0 bridgehead atoms. The van der Waals surface area contributed by atoms with Gasteiger partial charge >= 0.3 is 0 Å². The Kier molecular flexibility index (Phi) is 4.10. The number of rotatable bonds is 5. The molecule has 0 saturated heterocycles. The molecule has 1 saturated carbocycles. The van der Waals surface area contributed by atoms with E-state index in [2.05, 4.69) is 16.5 Å². The molecule has 0 spiro atoms. The van der Waals surface area contributed by atoms with Gasteiger partial charge in [0, 0.05) is 26.0 Å². The average Bonchev–Trinajstić information content (AvgIpc) is 2.88. The molecule has 1 aliphatic rings. The van der Waals surface area contributed by atoms with E-state index in [9.17, 15) is 0 Å². The summed E-state index contributed by atoms with van der Waals surface area (Å²) in [4.78, 5) is 0. The molecule has 1 N–H and O–H groups in total. The third-order valence-corrected chi connectivity index (χ3v) is 4.42. The summed E-state index contributed by atoms with van der Waals surface area (Å²) in [5.74, 6) is 0.782. The topological polar surface area (TPSA) is 29.9 Å². The number of halogens is 1. The van der Waals surface area contributed by atoms with Gasteiger partial charge in [-0.3, -0.25) is 4.68 Å². The monoisotopic (exact) mass is 255 g/mol. The van der Waals surface area contributed by atoms with Crippen molar-refractivity contribution in [3.8, 4) is 0 Å². The Hall–Kier alpha value is -0.540. The number of hydrogen-bond donors (Lipinski definition) is 1. The minimum atomic E-state index is 0.342. The highest BCUT2D eigenvalue weighted by atomic mass is 35.5. The van der Waals surface area contributed by atoms with Crippen LogP contribution in [0.4, 0.5) is 0 Å². The number of nitrogens with zero attached hydrogens (tertiary/aromatic N) is 2. The van der Waals surface area contributed by atoms with Gasteiger partial charge in [-0.2, -0.15) is 5.10 Å². The highest BCUT2D eigenvalue weighted by Crippen LogP contribution is 2.38. The lowest BCUT2D eigenvalue weighted by Gasteiger charge is -2.26. The molecule has 0 unspecified atom stereocenters. The summed E-state index contributed by atoms with van der Waals surface area (Å²) in [7, 11) is 2.00. The van der Waals surface area contributed by atoms with E-state index >= 15 is 0 Å². The van der Waals surface area contributed by atoms with E-state index < -0.39 is 0 Å². The molecule has 1 aliphatic carbocycles. The van der Waals surface area contributed by atoms with Crippen LogP contribution < -0.4 is 5.32 Å². The molecule has 0 atom stereocenters. The second-order valence-corrected chi connectivity index (χ2v) is 5.61. The van der Waals surface area contributed by atoms with E-state index in [0.29, 0.717) is 5.41 Å². The van der Waals surface area contributed by atoms with E-state index in [0.717, 1.165) is 24.7 Å². The Morgan fingerprint density at radius 3 is 2.71 bits per heavy atom. The van der Waals surface area contributed by atoms with Crippen LogP contribution >= 0.6 is 11.6 Å². The minimum Gasteiger partial charge on any atom is -0.311 e. The normalized spacial score (nSPS) is 18.8. The van der Waals surface area contributed by atoms with Crippen molar-refractivity contribution in [2.45, 2.75) is 39.2 Å². The van der Waals surface area contributed by atoms with E-state index in [1.165, 1.54) is 31.4 Å². The van der Waals surface area contributed by atoms with Crippen LogP contribution in [0.1, 0.15) is 37.1 Å². The molecule has 0 aliphatic heterocycles. The fourth-order valence-electron chi connectivity index (χ4n) is 2.77. The number of alkyl halides is 1. The molecule has 96 valence electrons. The van der Waals surface area contributed by atoms with Gasteiger partial charge in [-0.1, -0.05) is 12.8 Å². The molecule has 17 heavy (non-hydrogen) atoms. The van der Waals surface area contributed by atoms with Gasteiger partial charge in [0.15, 0.2) is 0 Å². The highest BCUT2D eigenvalue weighted by Gasteiger charge is 2.32. The van der Waals surface area contributed by atoms with Crippen molar-refractivity contribution in [3.63, 3.8) is 0 Å². The molecule has 1 aromatic rings. The van der Waals surface area contributed by atoms with Crippen LogP contribution in [0, 0.1) is 12.3 Å². The van der Waals surface area contributed by atoms with Crippen molar-refractivity contribution in [2.24, 2.45) is 12.5 Å². The summed E-state index contributed by atoms with van der Waals surface area (Å²) in [6.45, 7) is 3.94. The zero-order valence-corrected chi connectivity index (χ0v) is 11.6. The first kappa shape index (κ1) is 12.9. The van der Waals surface area contributed by atoms with Crippen LogP contribution in [0.3, 0.4) is 0 Å². The van der Waals surface area contributed by atoms with Crippen LogP contribution in [0.5, 0.6) is 0 Å². The largest absolute Gasteiger partial charge is 0.311 e. The lowest BCUT2D eigenvalue weighted by molar-refractivity contribution is 0.318. The molecule has 1 heterocycles. The quantitative estimate of drug-likeness (QED) is 0.820. The summed E-state index contributed by atoms with van der Waals surface area (Å²) in [6.07, 6.45) is 5.21. The zero-order valence-electron chi connectivity index (χ0n) is 10.8. The van der Waals surface area contributed by atoms with Gasteiger partial charge in [0.2, 0.25) is 0 Å². The number of aromatic nitrogens is 2. The van der Waals surface area contributed by atoms with Crippen LogP contribution in [0.2, 0.25) is 0 Å². The van der Waals surface area contributed by atoms with Gasteiger partial charge in [-0.25, -0.2) is 0 Å². The molecular formula is C13H22ClN3. The van der Waals surface area contributed by atoms with Gasteiger partial charge in [0.05, 0.1) is 11.4 Å². The van der Waals surface area contributed by atoms with Gasteiger partial charge in [-0.15, -0.1) is 11.6 Å². The van der Waals surface area contributed by atoms with Crippen molar-refractivity contribution in [3.05, 3.63) is 17.5 Å². The standard InChI is InChI=1S/C13H22ClN3/c1-11-7-12(17(2)16-11)8-15-10-13(9-14)5-3-4-6-13/h7,15H,3-6,8-10H2,1-2H3. The third kappa shape index (κ3) is 3.02. The molecule has 1 fully saturated rings. The predicted octanol–water partition coefficient (Wildman–Crippen LogP) is 2.62. The Labute approximate surface area is 109 Å². The molecule has 0 radical (unpaired) electrons. The first-order valence-corrected chi connectivity index (χ1v) is 6.95. The number of aryl methyl sites for hydroxylation is 2. The lowest BCUT2D eigenvalue weighted by Crippen LogP contribution is -2.33. The van der Waals surface area contributed by atoms with Crippen molar-refractivity contribution >= 4 is 11.6 Å². The maximum atomic E-state index is 6.12. The van der Waals surface area contributed by atoms with Crippen molar-refractivity contribution in [1.29, 1.82) is 0 Å². The second-order valence-electron chi connectivity index (χ2n) is 5.34. The minimum absolute atomic E-state index is 0.342. The van der Waals surface area contributed by atoms with Crippen molar-refractivity contribution in [1.82, 2.24) is 15.1 Å². The first-order chi connectivity index (χ1) is 8.15. The van der Waals surface area contributed by atoms with E-state index in [1.54, 1.807) is 0 Å². The molecule has 1 aromatic heterocycles. The van der Waals surface area contributed by atoms with Gasteiger partial charge < -0.3 is 5.32 Å². The van der Waals surface area contributed by atoms with Crippen molar-refractivity contribution < 1.29 is 0 Å². The van der Waals surface area contributed by atoms with Gasteiger partial charge in [-0.05, 0) is 31.2 Å². The summed E-state index contributed by atoms with van der Waals surface area (Å²) < 4.78 is 1.95.